The normalized spacial score (nSPS) is 11.7. The standard InChI is InChI=1S/C15H12ClF3N2O2/c1-23-14-6-9(2-5-13(14)22)8-20-21-12-7-10(15(17,18)19)3-4-11(12)16/h2-8,21-22H,1H3/b20-8+. The van der Waals surface area contributed by atoms with E-state index in [0.29, 0.717) is 5.56 Å². The Kier molecular flexibility index (Phi) is 5.00. The molecule has 2 N–H and O–H groups in total. The van der Waals surface area contributed by atoms with Gasteiger partial charge in [0.15, 0.2) is 11.5 Å². The van der Waals surface area contributed by atoms with Crippen molar-refractivity contribution in [1.82, 2.24) is 0 Å². The lowest BCUT2D eigenvalue weighted by atomic mass is 10.2. The van der Waals surface area contributed by atoms with Gasteiger partial charge in [0.1, 0.15) is 0 Å². The fourth-order valence-corrected chi connectivity index (χ4v) is 1.90. The average molecular weight is 345 g/mol. The minimum Gasteiger partial charge on any atom is -0.504 e. The average Bonchev–Trinajstić information content (AvgIpc) is 2.49. The fourth-order valence-electron chi connectivity index (χ4n) is 1.74. The first-order valence-electron chi connectivity index (χ1n) is 6.34. The van der Waals surface area contributed by atoms with Gasteiger partial charge in [-0.3, -0.25) is 5.43 Å². The maximum atomic E-state index is 12.7. The van der Waals surface area contributed by atoms with E-state index in [1.807, 2.05) is 0 Å². The summed E-state index contributed by atoms with van der Waals surface area (Å²) in [6, 6.07) is 7.41. The SMILES string of the molecule is COc1cc(/C=N/Nc2cc(C(F)(F)F)ccc2Cl)ccc1O. The number of nitrogens with zero attached hydrogens (tertiary/aromatic N) is 1. The van der Waals surface area contributed by atoms with Gasteiger partial charge in [-0.15, -0.1) is 0 Å². The summed E-state index contributed by atoms with van der Waals surface area (Å²) in [5.41, 5.74) is 2.24. The van der Waals surface area contributed by atoms with Crippen molar-refractivity contribution < 1.29 is 23.0 Å². The number of methoxy groups -OCH3 is 1. The molecule has 0 saturated heterocycles. The van der Waals surface area contributed by atoms with E-state index in [-0.39, 0.29) is 22.2 Å². The molecule has 2 aromatic rings. The number of hydrazone groups is 1. The Morgan fingerprint density at radius 3 is 2.61 bits per heavy atom. The van der Waals surface area contributed by atoms with Crippen LogP contribution >= 0.6 is 11.6 Å². The molecule has 23 heavy (non-hydrogen) atoms. The monoisotopic (exact) mass is 344 g/mol. The van der Waals surface area contributed by atoms with E-state index < -0.39 is 11.7 Å². The Balaban J connectivity index is 2.17. The Bertz CT molecular complexity index is 733. The van der Waals surface area contributed by atoms with Crippen LogP contribution in [0.1, 0.15) is 11.1 Å². The molecule has 0 unspecified atom stereocenters. The summed E-state index contributed by atoms with van der Waals surface area (Å²) in [6.45, 7) is 0. The first-order valence-corrected chi connectivity index (χ1v) is 6.72. The minimum absolute atomic E-state index is 0.0291. The van der Waals surface area contributed by atoms with Crippen LogP contribution < -0.4 is 10.2 Å². The second-order valence-electron chi connectivity index (χ2n) is 4.49. The van der Waals surface area contributed by atoms with Crippen LogP contribution in [0.25, 0.3) is 0 Å². The van der Waals surface area contributed by atoms with E-state index in [4.69, 9.17) is 16.3 Å². The molecule has 0 spiro atoms. The lowest BCUT2D eigenvalue weighted by Gasteiger charge is -2.09. The van der Waals surface area contributed by atoms with Gasteiger partial charge < -0.3 is 9.84 Å². The van der Waals surface area contributed by atoms with Crippen molar-refractivity contribution in [3.05, 3.63) is 52.5 Å². The molecule has 0 bridgehead atoms. The van der Waals surface area contributed by atoms with Crippen LogP contribution in [0.5, 0.6) is 11.5 Å². The van der Waals surface area contributed by atoms with E-state index >= 15 is 0 Å². The Labute approximate surface area is 135 Å². The molecule has 0 atom stereocenters. The van der Waals surface area contributed by atoms with Crippen LogP contribution in [-0.2, 0) is 6.18 Å². The second kappa shape index (κ2) is 6.78. The van der Waals surface area contributed by atoms with Crippen LogP contribution in [0.2, 0.25) is 5.02 Å². The van der Waals surface area contributed by atoms with Gasteiger partial charge in [-0.2, -0.15) is 18.3 Å². The quantitative estimate of drug-likeness (QED) is 0.633. The third kappa shape index (κ3) is 4.29. The van der Waals surface area contributed by atoms with Crippen molar-refractivity contribution in [3.63, 3.8) is 0 Å². The van der Waals surface area contributed by atoms with E-state index in [0.717, 1.165) is 18.2 Å². The highest BCUT2D eigenvalue weighted by atomic mass is 35.5. The predicted molar refractivity (Wildman–Crippen MR) is 82.3 cm³/mol. The Morgan fingerprint density at radius 1 is 1.22 bits per heavy atom. The van der Waals surface area contributed by atoms with Gasteiger partial charge in [-0.25, -0.2) is 0 Å². The van der Waals surface area contributed by atoms with Gasteiger partial charge in [0, 0.05) is 0 Å². The molecule has 0 heterocycles. The Hall–Kier alpha value is -2.41. The maximum Gasteiger partial charge on any atom is 0.416 e. The zero-order valence-corrected chi connectivity index (χ0v) is 12.6. The topological polar surface area (TPSA) is 53.8 Å². The highest BCUT2D eigenvalue weighted by molar-refractivity contribution is 6.33. The van der Waals surface area contributed by atoms with E-state index in [9.17, 15) is 18.3 Å². The molecule has 2 rings (SSSR count). The van der Waals surface area contributed by atoms with E-state index in [1.165, 1.54) is 25.5 Å². The van der Waals surface area contributed by atoms with Gasteiger partial charge in [0.2, 0.25) is 0 Å². The van der Waals surface area contributed by atoms with Crippen molar-refractivity contribution >= 4 is 23.5 Å². The highest BCUT2D eigenvalue weighted by Crippen LogP contribution is 2.33. The second-order valence-corrected chi connectivity index (χ2v) is 4.90. The molecule has 0 amide bonds. The minimum atomic E-state index is -4.46. The molecule has 2 aromatic carbocycles. The van der Waals surface area contributed by atoms with Crippen molar-refractivity contribution in [2.45, 2.75) is 6.18 Å². The van der Waals surface area contributed by atoms with Crippen molar-refractivity contribution in [3.8, 4) is 11.5 Å². The molecule has 0 fully saturated rings. The molecule has 0 aliphatic rings. The van der Waals surface area contributed by atoms with Crippen LogP contribution in [-0.4, -0.2) is 18.4 Å². The molecule has 0 radical (unpaired) electrons. The van der Waals surface area contributed by atoms with Crippen LogP contribution in [0.3, 0.4) is 0 Å². The van der Waals surface area contributed by atoms with Gasteiger partial charge >= 0.3 is 6.18 Å². The number of phenolic OH excluding ortho intramolecular Hbond substituents is 1. The predicted octanol–water partition coefficient (Wildman–Crippen LogP) is 4.52. The lowest BCUT2D eigenvalue weighted by Crippen LogP contribution is -2.05. The molecule has 0 aliphatic heterocycles. The van der Waals surface area contributed by atoms with Gasteiger partial charge in [-0.05, 0) is 42.0 Å². The third-order valence-electron chi connectivity index (χ3n) is 2.90. The van der Waals surface area contributed by atoms with Crippen LogP contribution in [0.4, 0.5) is 18.9 Å². The molecular weight excluding hydrogens is 333 g/mol. The number of ether oxygens (including phenoxy) is 1. The smallest absolute Gasteiger partial charge is 0.416 e. The molecule has 0 aromatic heterocycles. The fraction of sp³-hybridized carbons (Fsp3) is 0.133. The molecule has 8 heteroatoms. The number of nitrogens with one attached hydrogen (secondary N) is 1. The summed E-state index contributed by atoms with van der Waals surface area (Å²) >= 11 is 5.84. The summed E-state index contributed by atoms with van der Waals surface area (Å²) in [7, 11) is 1.40. The first-order chi connectivity index (χ1) is 10.8. The maximum absolute atomic E-state index is 12.7. The molecule has 0 aliphatic carbocycles. The van der Waals surface area contributed by atoms with E-state index in [1.54, 1.807) is 6.07 Å². The largest absolute Gasteiger partial charge is 0.504 e. The van der Waals surface area contributed by atoms with Gasteiger partial charge in [0.05, 0.1) is 29.6 Å². The zero-order valence-electron chi connectivity index (χ0n) is 11.9. The number of hydrogen-bond acceptors (Lipinski definition) is 4. The van der Waals surface area contributed by atoms with Crippen LogP contribution in [0.15, 0.2) is 41.5 Å². The molecule has 0 saturated carbocycles. The summed E-state index contributed by atoms with van der Waals surface area (Å²) in [6.07, 6.45) is -3.10. The number of alkyl halides is 3. The molecule has 122 valence electrons. The van der Waals surface area contributed by atoms with Crippen molar-refractivity contribution in [2.75, 3.05) is 12.5 Å². The summed E-state index contributed by atoms with van der Waals surface area (Å²) < 4.78 is 42.9. The number of hydrogen-bond donors (Lipinski definition) is 2. The summed E-state index contributed by atoms with van der Waals surface area (Å²) in [5.74, 6) is 0.226. The first kappa shape index (κ1) is 17.0. The number of phenols is 1. The Morgan fingerprint density at radius 2 is 1.96 bits per heavy atom. The van der Waals surface area contributed by atoms with Crippen LogP contribution in [0, 0.1) is 0 Å². The lowest BCUT2D eigenvalue weighted by molar-refractivity contribution is -0.137. The molecular formula is C15H12ClF3N2O2. The number of anilines is 1. The highest BCUT2D eigenvalue weighted by Gasteiger charge is 2.30. The third-order valence-corrected chi connectivity index (χ3v) is 3.23. The summed E-state index contributed by atoms with van der Waals surface area (Å²) in [5, 5.41) is 13.4. The number of benzene rings is 2. The summed E-state index contributed by atoms with van der Waals surface area (Å²) in [4.78, 5) is 0. The van der Waals surface area contributed by atoms with Gasteiger partial charge in [0.25, 0.3) is 0 Å². The molecule has 4 nitrogen and oxygen atoms in total. The zero-order chi connectivity index (χ0) is 17.0. The number of rotatable bonds is 4. The van der Waals surface area contributed by atoms with Crippen molar-refractivity contribution in [1.29, 1.82) is 0 Å². The van der Waals surface area contributed by atoms with Gasteiger partial charge in [-0.1, -0.05) is 11.6 Å². The number of aromatic hydroxyl groups is 1. The van der Waals surface area contributed by atoms with E-state index in [2.05, 4.69) is 10.5 Å². The number of halogens is 4. The van der Waals surface area contributed by atoms with Crippen molar-refractivity contribution in [2.24, 2.45) is 5.10 Å².